The molecule has 1 rings (SSSR count). The fourth-order valence-electron chi connectivity index (χ4n) is 0.368. The molecule has 0 saturated carbocycles. The molecule has 0 saturated heterocycles. The highest BCUT2D eigenvalue weighted by molar-refractivity contribution is 5.85. The number of nitrogens with zero attached hydrogens (tertiary/aromatic N) is 2. The first-order valence-corrected chi connectivity index (χ1v) is 2.11. The lowest BCUT2D eigenvalue weighted by Gasteiger charge is -1.71. The van der Waals surface area contributed by atoms with Crippen LogP contribution in [0.25, 0.3) is 0 Å². The molecular formula is C4H2N2O3. The van der Waals surface area contributed by atoms with Gasteiger partial charge in [0, 0.05) is 5.27 Å². The minimum Gasteiger partial charge on any atom is -0.333 e. The van der Waals surface area contributed by atoms with Gasteiger partial charge in [-0.1, -0.05) is 0 Å². The van der Waals surface area contributed by atoms with Gasteiger partial charge in [-0.15, -0.1) is 5.10 Å². The van der Waals surface area contributed by atoms with E-state index >= 15 is 0 Å². The van der Waals surface area contributed by atoms with Crippen LogP contribution in [0, 0.1) is 0 Å². The van der Waals surface area contributed by atoms with Crippen LogP contribution < -0.4 is 0 Å². The molecule has 0 unspecified atom stereocenters. The molecule has 1 aromatic heterocycles. The van der Waals surface area contributed by atoms with E-state index in [9.17, 15) is 9.59 Å². The standard InChI is InChI=1S/C4H2N2O3/c7-1-3-4(2-8)9-6-5-3/h1-2H. The second-order valence-electron chi connectivity index (χ2n) is 1.26. The third-order valence-corrected chi connectivity index (χ3v) is 0.759. The Morgan fingerprint density at radius 2 is 2.11 bits per heavy atom. The molecule has 0 atom stereocenters. The monoisotopic (exact) mass is 126 g/mol. The van der Waals surface area contributed by atoms with Crippen molar-refractivity contribution in [1.29, 1.82) is 0 Å². The maximum Gasteiger partial charge on any atom is 0.230 e. The minimum absolute atomic E-state index is 0.0648. The second kappa shape index (κ2) is 2.17. The zero-order valence-electron chi connectivity index (χ0n) is 4.27. The highest BCUT2D eigenvalue weighted by atomic mass is 16.5. The van der Waals surface area contributed by atoms with Gasteiger partial charge in [0.15, 0.2) is 18.3 Å². The number of hydrogen-bond acceptors (Lipinski definition) is 5. The Labute approximate surface area is 49.6 Å². The quantitative estimate of drug-likeness (QED) is 0.508. The summed E-state index contributed by atoms with van der Waals surface area (Å²) in [5, 5.41) is 6.17. The van der Waals surface area contributed by atoms with Crippen LogP contribution in [0.3, 0.4) is 0 Å². The van der Waals surface area contributed by atoms with E-state index in [1.807, 2.05) is 0 Å². The normalized spacial score (nSPS) is 8.89. The average molecular weight is 126 g/mol. The van der Waals surface area contributed by atoms with Crippen molar-refractivity contribution in [2.75, 3.05) is 0 Å². The maximum absolute atomic E-state index is 9.93. The molecule has 0 aromatic carbocycles. The molecule has 5 heteroatoms. The Hall–Kier alpha value is -1.52. The molecule has 0 aliphatic carbocycles. The number of hydrogen-bond donors (Lipinski definition) is 0. The fraction of sp³-hybridized carbons (Fsp3) is 0. The van der Waals surface area contributed by atoms with Gasteiger partial charge in [0.25, 0.3) is 0 Å². The Balaban J connectivity index is 3.12. The predicted molar refractivity (Wildman–Crippen MR) is 25.1 cm³/mol. The number of rotatable bonds is 2. The molecule has 9 heavy (non-hydrogen) atoms. The third kappa shape index (κ3) is 0.835. The summed E-state index contributed by atoms with van der Waals surface area (Å²) in [6.07, 6.45) is 0.782. The van der Waals surface area contributed by atoms with Gasteiger partial charge in [-0.2, -0.15) is 0 Å². The van der Waals surface area contributed by atoms with Crippen molar-refractivity contribution in [2.45, 2.75) is 0 Å². The highest BCUT2D eigenvalue weighted by Crippen LogP contribution is 1.95. The van der Waals surface area contributed by atoms with E-state index in [0.717, 1.165) is 0 Å². The van der Waals surface area contributed by atoms with Crippen LogP contribution in [0.2, 0.25) is 0 Å². The van der Waals surface area contributed by atoms with Gasteiger partial charge < -0.3 is 4.52 Å². The van der Waals surface area contributed by atoms with E-state index in [1.165, 1.54) is 0 Å². The molecule has 0 N–H and O–H groups in total. The molecule has 0 aliphatic heterocycles. The zero-order chi connectivity index (χ0) is 6.69. The van der Waals surface area contributed by atoms with Crippen molar-refractivity contribution >= 4 is 12.6 Å². The van der Waals surface area contributed by atoms with E-state index in [-0.39, 0.29) is 11.5 Å². The van der Waals surface area contributed by atoms with Crippen LogP contribution in [0.5, 0.6) is 0 Å². The largest absolute Gasteiger partial charge is 0.333 e. The summed E-state index contributed by atoms with van der Waals surface area (Å²) in [5.41, 5.74) is -0.0648. The second-order valence-corrected chi connectivity index (χ2v) is 1.26. The molecule has 0 fully saturated rings. The van der Waals surface area contributed by atoms with Gasteiger partial charge >= 0.3 is 0 Å². The number of carbonyl (C=O) groups is 2. The number of carbonyl (C=O) groups excluding carboxylic acids is 2. The average Bonchev–Trinajstić information content (AvgIpc) is 2.33. The lowest BCUT2D eigenvalue weighted by atomic mass is 10.4. The molecule has 1 aromatic rings. The van der Waals surface area contributed by atoms with Crippen LogP contribution in [-0.4, -0.2) is 22.9 Å². The SMILES string of the molecule is O=Cc1nnoc1C=O. The van der Waals surface area contributed by atoms with Gasteiger partial charge in [0.2, 0.25) is 5.76 Å². The maximum atomic E-state index is 9.93. The molecule has 5 nitrogen and oxygen atoms in total. The summed E-state index contributed by atoms with van der Waals surface area (Å²) in [4.78, 5) is 19.8. The van der Waals surface area contributed by atoms with Gasteiger partial charge in [-0.25, -0.2) is 0 Å². The van der Waals surface area contributed by atoms with Crippen molar-refractivity contribution in [3.63, 3.8) is 0 Å². The predicted octanol–water partition coefficient (Wildman–Crippen LogP) is -0.305. The summed E-state index contributed by atoms with van der Waals surface area (Å²) in [6.45, 7) is 0. The lowest BCUT2D eigenvalue weighted by Crippen LogP contribution is -1.84. The molecular weight excluding hydrogens is 124 g/mol. The summed E-state index contributed by atoms with van der Waals surface area (Å²) >= 11 is 0. The Morgan fingerprint density at radius 3 is 2.56 bits per heavy atom. The highest BCUT2D eigenvalue weighted by Gasteiger charge is 2.05. The van der Waals surface area contributed by atoms with Crippen molar-refractivity contribution < 1.29 is 14.1 Å². The van der Waals surface area contributed by atoms with Gasteiger partial charge in [-0.05, 0) is 0 Å². The fourth-order valence-corrected chi connectivity index (χ4v) is 0.368. The Bertz CT molecular complexity index is 207. The molecule has 0 spiro atoms. The summed E-state index contributed by atoms with van der Waals surface area (Å²) in [6, 6.07) is 0. The Kier molecular flexibility index (Phi) is 1.35. The Morgan fingerprint density at radius 1 is 1.33 bits per heavy atom. The third-order valence-electron chi connectivity index (χ3n) is 0.759. The van der Waals surface area contributed by atoms with E-state index < -0.39 is 0 Å². The first-order valence-electron chi connectivity index (χ1n) is 2.11. The lowest BCUT2D eigenvalue weighted by molar-refractivity contribution is 0.107. The van der Waals surface area contributed by atoms with Crippen LogP contribution in [0.4, 0.5) is 0 Å². The number of aldehydes is 2. The van der Waals surface area contributed by atoms with Crippen LogP contribution in [0.15, 0.2) is 4.52 Å². The summed E-state index contributed by atoms with van der Waals surface area (Å²) in [7, 11) is 0. The first kappa shape index (κ1) is 5.61. The van der Waals surface area contributed by atoms with Crippen molar-refractivity contribution in [1.82, 2.24) is 10.4 Å². The minimum atomic E-state index is -0.134. The molecule has 0 radical (unpaired) electrons. The van der Waals surface area contributed by atoms with E-state index in [2.05, 4.69) is 14.9 Å². The first-order chi connectivity index (χ1) is 4.38. The van der Waals surface area contributed by atoms with Gasteiger partial charge in [-0.3, -0.25) is 9.59 Å². The van der Waals surface area contributed by atoms with Crippen molar-refractivity contribution in [3.8, 4) is 0 Å². The van der Waals surface area contributed by atoms with E-state index in [4.69, 9.17) is 0 Å². The van der Waals surface area contributed by atoms with Gasteiger partial charge in [0.05, 0.1) is 0 Å². The molecule has 46 valence electrons. The molecule has 0 amide bonds. The number of aromatic nitrogens is 2. The molecule has 1 heterocycles. The van der Waals surface area contributed by atoms with Gasteiger partial charge in [0.1, 0.15) is 0 Å². The van der Waals surface area contributed by atoms with Crippen LogP contribution in [-0.2, 0) is 0 Å². The zero-order valence-corrected chi connectivity index (χ0v) is 4.27. The smallest absolute Gasteiger partial charge is 0.230 e. The van der Waals surface area contributed by atoms with E-state index in [1.54, 1.807) is 0 Å². The summed E-state index contributed by atoms with van der Waals surface area (Å²) < 4.78 is 4.24. The van der Waals surface area contributed by atoms with Crippen molar-refractivity contribution in [3.05, 3.63) is 11.5 Å². The van der Waals surface area contributed by atoms with Crippen LogP contribution >= 0.6 is 0 Å². The van der Waals surface area contributed by atoms with E-state index in [0.29, 0.717) is 12.6 Å². The van der Waals surface area contributed by atoms with Crippen molar-refractivity contribution in [2.24, 2.45) is 0 Å². The molecule has 0 aliphatic rings. The topological polar surface area (TPSA) is 73.1 Å². The van der Waals surface area contributed by atoms with Crippen LogP contribution in [0.1, 0.15) is 21.0 Å². The molecule has 0 bridgehead atoms. The summed E-state index contributed by atoms with van der Waals surface area (Å²) in [5.74, 6) is -0.134.